The summed E-state index contributed by atoms with van der Waals surface area (Å²) in [7, 11) is -0.889. The van der Waals surface area contributed by atoms with Crippen LogP contribution in [0.4, 0.5) is 0 Å². The minimum absolute atomic E-state index is 0. The third kappa shape index (κ3) is 4.14. The van der Waals surface area contributed by atoms with Crippen molar-refractivity contribution < 1.29 is 0 Å². The fourth-order valence-electron chi connectivity index (χ4n) is 2.19. The van der Waals surface area contributed by atoms with Gasteiger partial charge < -0.3 is 0 Å². The van der Waals surface area contributed by atoms with Gasteiger partial charge in [0.25, 0.3) is 0 Å². The normalized spacial score (nSPS) is 9.53. The van der Waals surface area contributed by atoms with Crippen LogP contribution in [-0.4, -0.2) is 29.2 Å². The molecule has 0 nitrogen and oxygen atoms in total. The second-order valence-corrected chi connectivity index (χ2v) is 9.91. The van der Waals surface area contributed by atoms with E-state index in [0.29, 0.717) is 0 Å². The monoisotopic (exact) mass is 272 g/mol. The molecule has 0 N–H and O–H groups in total. The van der Waals surface area contributed by atoms with Gasteiger partial charge in [0, 0.05) is 0 Å². The highest BCUT2D eigenvalue weighted by Gasteiger charge is 2.14. The molecule has 0 unspecified atom stereocenters. The van der Waals surface area contributed by atoms with Crippen LogP contribution in [-0.2, 0) is 0 Å². The Kier molecular flexibility index (Phi) is 6.89. The van der Waals surface area contributed by atoms with Crippen molar-refractivity contribution in [3.8, 4) is 0 Å². The van der Waals surface area contributed by atoms with E-state index in [2.05, 4.69) is 65.7 Å². The summed E-state index contributed by atoms with van der Waals surface area (Å²) in [6.07, 6.45) is 0. The van der Waals surface area contributed by atoms with E-state index >= 15 is 0 Å². The Morgan fingerprint density at radius 2 is 1.24 bits per heavy atom. The molecule has 0 heterocycles. The Labute approximate surface area is 121 Å². The van der Waals surface area contributed by atoms with E-state index in [0.717, 1.165) is 0 Å². The van der Waals surface area contributed by atoms with Crippen molar-refractivity contribution in [2.75, 3.05) is 0 Å². The molecule has 0 spiro atoms. The van der Waals surface area contributed by atoms with Gasteiger partial charge in [-0.15, -0.1) is 16.6 Å². The van der Waals surface area contributed by atoms with Crippen LogP contribution in [0.5, 0.6) is 0 Å². The number of rotatable bonds is 4. The summed E-state index contributed by atoms with van der Waals surface area (Å²) >= 11 is 0.141. The molecule has 0 aliphatic heterocycles. The predicted molar refractivity (Wildman–Crippen MR) is 83.0 cm³/mol. The second-order valence-electron chi connectivity index (χ2n) is 4.16. The summed E-state index contributed by atoms with van der Waals surface area (Å²) in [5.41, 5.74) is 0. The van der Waals surface area contributed by atoms with Crippen molar-refractivity contribution in [1.29, 1.82) is 0 Å². The van der Waals surface area contributed by atoms with E-state index in [1.807, 2.05) is 0 Å². The number of benzene rings is 2. The summed E-state index contributed by atoms with van der Waals surface area (Å²) in [5.74, 6) is 0. The molecule has 2 rings (SSSR count). The SMILES string of the molecule is Cl.[CH3][Mg][CH2][SiH](c1ccccc1)c1ccccc1. The molecule has 0 fully saturated rings. The Morgan fingerprint density at radius 3 is 1.59 bits per heavy atom. The van der Waals surface area contributed by atoms with Crippen molar-refractivity contribution in [3.05, 3.63) is 60.7 Å². The van der Waals surface area contributed by atoms with Gasteiger partial charge >= 0.3 is 20.4 Å². The highest BCUT2D eigenvalue weighted by Crippen LogP contribution is 1.96. The molecule has 0 saturated carbocycles. The predicted octanol–water partition coefficient (Wildman–Crippen LogP) is 2.16. The molecule has 0 amide bonds. The summed E-state index contributed by atoms with van der Waals surface area (Å²) in [4.78, 5) is 0. The molecule has 2 aromatic carbocycles. The minimum Gasteiger partial charge on any atom is -0.157 e. The van der Waals surface area contributed by atoms with E-state index in [1.165, 1.54) is 4.17 Å². The highest BCUT2D eigenvalue weighted by atomic mass is 35.5. The molecule has 0 atom stereocenters. The molecule has 0 aliphatic rings. The van der Waals surface area contributed by atoms with Gasteiger partial charge in [-0.1, -0.05) is 71.0 Å². The molecule has 86 valence electrons. The molecule has 0 saturated heterocycles. The van der Waals surface area contributed by atoms with Crippen LogP contribution in [0, 0.1) is 0 Å². The van der Waals surface area contributed by atoms with Gasteiger partial charge in [0.15, 0.2) is 0 Å². The molecule has 3 heteroatoms. The third-order valence-electron chi connectivity index (χ3n) is 2.98. The van der Waals surface area contributed by atoms with Gasteiger partial charge in [0.2, 0.25) is 0 Å². The quantitative estimate of drug-likeness (QED) is 0.749. The van der Waals surface area contributed by atoms with Crippen LogP contribution in [0.1, 0.15) is 0 Å². The molecule has 2 aromatic rings. The van der Waals surface area contributed by atoms with Crippen molar-refractivity contribution in [2.24, 2.45) is 0 Å². The molecule has 0 aliphatic carbocycles. The van der Waals surface area contributed by atoms with Gasteiger partial charge in [-0.05, 0) is 0 Å². The van der Waals surface area contributed by atoms with Crippen LogP contribution in [0.3, 0.4) is 0 Å². The zero-order valence-corrected chi connectivity index (χ0v) is 13.6. The maximum atomic E-state index is 2.42. The second kappa shape index (κ2) is 7.93. The summed E-state index contributed by atoms with van der Waals surface area (Å²) in [6, 6.07) is 22.2. The van der Waals surface area contributed by atoms with Crippen molar-refractivity contribution in [2.45, 2.75) is 9.23 Å². The zero-order chi connectivity index (χ0) is 11.2. The minimum atomic E-state index is -0.889. The first kappa shape index (κ1) is 14.8. The number of halogens is 1. The number of hydrogen-bond acceptors (Lipinski definition) is 0. The van der Waals surface area contributed by atoms with Crippen LogP contribution < -0.4 is 10.4 Å². The molecular formula is C14H17ClMgSi. The highest BCUT2D eigenvalue weighted by molar-refractivity contribution is 6.90. The fourth-order valence-corrected chi connectivity index (χ4v) is 8.92. The van der Waals surface area contributed by atoms with E-state index in [9.17, 15) is 0 Å². The van der Waals surface area contributed by atoms with Gasteiger partial charge in [0.05, 0.1) is 8.80 Å². The van der Waals surface area contributed by atoms with Gasteiger partial charge in [0.1, 0.15) is 0 Å². The number of hydrogen-bond donors (Lipinski definition) is 0. The maximum absolute atomic E-state index is 2.42. The van der Waals surface area contributed by atoms with Crippen LogP contribution in [0.15, 0.2) is 60.7 Å². The Morgan fingerprint density at radius 1 is 0.824 bits per heavy atom. The van der Waals surface area contributed by atoms with Crippen molar-refractivity contribution in [3.63, 3.8) is 0 Å². The molecule has 0 radical (unpaired) electrons. The topological polar surface area (TPSA) is 0 Å². The lowest BCUT2D eigenvalue weighted by molar-refractivity contribution is 1.70. The molecule has 0 bridgehead atoms. The molecule has 0 aromatic heterocycles. The maximum Gasteiger partial charge on any atom is 0.357 e. The third-order valence-corrected chi connectivity index (χ3v) is 9.98. The zero-order valence-electron chi connectivity index (χ0n) is 10.2. The summed E-state index contributed by atoms with van der Waals surface area (Å²) in [5, 5.41) is 5.62. The largest absolute Gasteiger partial charge is 0.357 e. The van der Waals surface area contributed by atoms with E-state index in [4.69, 9.17) is 0 Å². The first-order chi connectivity index (χ1) is 7.92. The lowest BCUT2D eigenvalue weighted by Gasteiger charge is -2.15. The van der Waals surface area contributed by atoms with Gasteiger partial charge in [-0.3, -0.25) is 0 Å². The Balaban J connectivity index is 0.00000144. The molecular weight excluding hydrogens is 256 g/mol. The summed E-state index contributed by atoms with van der Waals surface area (Å²) in [6.45, 7) is 0. The molecule has 17 heavy (non-hydrogen) atoms. The van der Waals surface area contributed by atoms with Crippen LogP contribution in [0.25, 0.3) is 0 Å². The van der Waals surface area contributed by atoms with Crippen LogP contribution >= 0.6 is 12.4 Å². The van der Waals surface area contributed by atoms with Crippen molar-refractivity contribution in [1.82, 2.24) is 0 Å². The fraction of sp³-hybridized carbons (Fsp3) is 0.143. The Bertz CT molecular complexity index is 379. The average molecular weight is 273 g/mol. The van der Waals surface area contributed by atoms with E-state index in [1.54, 1.807) is 10.4 Å². The lowest BCUT2D eigenvalue weighted by atomic mass is 10.4. The smallest absolute Gasteiger partial charge is 0.157 e. The van der Waals surface area contributed by atoms with E-state index < -0.39 is 8.80 Å². The standard InChI is InChI=1S/C13H13Si.CH3.ClH.Mg/c1-14(12-8-4-2-5-9-12)13-10-6-3-7-11-13;;;/h2-11,14H,1H2;1H3;1H;. The Hall–Kier alpha value is -0.287. The van der Waals surface area contributed by atoms with Gasteiger partial charge in [-0.25, -0.2) is 0 Å². The summed E-state index contributed by atoms with van der Waals surface area (Å²) < 4.78 is 1.49. The van der Waals surface area contributed by atoms with Crippen molar-refractivity contribution >= 4 is 51.9 Å². The first-order valence-corrected chi connectivity index (χ1v) is 10.4. The lowest BCUT2D eigenvalue weighted by Crippen LogP contribution is -2.42. The van der Waals surface area contributed by atoms with Gasteiger partial charge in [-0.2, -0.15) is 5.05 Å². The van der Waals surface area contributed by atoms with Crippen LogP contribution in [0.2, 0.25) is 9.23 Å². The average Bonchev–Trinajstić information content (AvgIpc) is 2.38. The first-order valence-electron chi connectivity index (χ1n) is 6.01. The van der Waals surface area contributed by atoms with E-state index in [-0.39, 0.29) is 32.8 Å².